The van der Waals surface area contributed by atoms with Gasteiger partial charge in [-0.05, 0) is 5.92 Å². The van der Waals surface area contributed by atoms with Crippen LogP contribution in [0.25, 0.3) is 0 Å². The second-order valence-corrected chi connectivity index (χ2v) is 4.25. The highest BCUT2D eigenvalue weighted by Gasteiger charge is 2.21. The number of hydrogen-bond donors (Lipinski definition) is 2. The summed E-state index contributed by atoms with van der Waals surface area (Å²) in [6.07, 6.45) is 0.255. The van der Waals surface area contributed by atoms with Crippen molar-refractivity contribution in [2.24, 2.45) is 5.92 Å². The summed E-state index contributed by atoms with van der Waals surface area (Å²) in [7, 11) is 0. The van der Waals surface area contributed by atoms with Crippen LogP contribution in [0.1, 0.15) is 20.3 Å². The molecule has 0 saturated carbocycles. The Hall–Kier alpha value is -0.610. The molecule has 1 aliphatic rings. The van der Waals surface area contributed by atoms with E-state index in [4.69, 9.17) is 5.11 Å². The maximum absolute atomic E-state index is 10.4. The van der Waals surface area contributed by atoms with Crippen molar-refractivity contribution in [3.05, 3.63) is 0 Å². The Kier molecular flexibility index (Phi) is 4.35. The van der Waals surface area contributed by atoms with Gasteiger partial charge in [-0.1, -0.05) is 13.8 Å². The Morgan fingerprint density at radius 1 is 1.64 bits per heavy atom. The van der Waals surface area contributed by atoms with E-state index in [1.807, 2.05) is 0 Å². The molecule has 1 atom stereocenters. The molecule has 0 aromatic heterocycles. The van der Waals surface area contributed by atoms with Gasteiger partial charge in [-0.3, -0.25) is 9.69 Å². The van der Waals surface area contributed by atoms with Crippen LogP contribution in [-0.2, 0) is 4.79 Å². The molecular weight excluding hydrogens is 180 g/mol. The maximum atomic E-state index is 10.4. The molecule has 0 bridgehead atoms. The van der Waals surface area contributed by atoms with Crippen LogP contribution in [0.2, 0.25) is 0 Å². The molecule has 0 aromatic rings. The van der Waals surface area contributed by atoms with Crippen LogP contribution in [0.15, 0.2) is 0 Å². The molecule has 0 spiro atoms. The average molecular weight is 200 g/mol. The molecule has 0 aliphatic carbocycles. The highest BCUT2D eigenvalue weighted by atomic mass is 16.4. The zero-order valence-corrected chi connectivity index (χ0v) is 8.99. The molecule has 4 nitrogen and oxygen atoms in total. The molecular formula is C10H20N2O2. The third kappa shape index (κ3) is 3.64. The summed E-state index contributed by atoms with van der Waals surface area (Å²) in [4.78, 5) is 12.6. The maximum Gasteiger partial charge on any atom is 0.304 e. The van der Waals surface area contributed by atoms with Gasteiger partial charge in [0.05, 0.1) is 6.42 Å². The van der Waals surface area contributed by atoms with Gasteiger partial charge in [-0.15, -0.1) is 0 Å². The number of carboxylic acids is 1. The Balaban J connectivity index is 2.29. The second-order valence-electron chi connectivity index (χ2n) is 4.25. The van der Waals surface area contributed by atoms with Gasteiger partial charge in [-0.2, -0.15) is 0 Å². The van der Waals surface area contributed by atoms with Crippen molar-refractivity contribution in [1.29, 1.82) is 0 Å². The normalized spacial score (nSPS) is 24.1. The smallest absolute Gasteiger partial charge is 0.304 e. The lowest BCUT2D eigenvalue weighted by atomic mass is 10.0. The van der Waals surface area contributed by atoms with E-state index in [1.165, 1.54) is 0 Å². The lowest BCUT2D eigenvalue weighted by Crippen LogP contribution is -2.53. The first kappa shape index (κ1) is 11.5. The molecule has 14 heavy (non-hydrogen) atoms. The van der Waals surface area contributed by atoms with E-state index in [0.29, 0.717) is 18.5 Å². The SMILES string of the molecule is CC(C)[C@H]1CN(CCC(=O)O)CCN1. The summed E-state index contributed by atoms with van der Waals surface area (Å²) in [5, 5.41) is 12.0. The van der Waals surface area contributed by atoms with Crippen molar-refractivity contribution < 1.29 is 9.90 Å². The average Bonchev–Trinajstić information content (AvgIpc) is 2.15. The van der Waals surface area contributed by atoms with E-state index >= 15 is 0 Å². The molecule has 1 aliphatic heterocycles. The number of hydrogen-bond acceptors (Lipinski definition) is 3. The summed E-state index contributed by atoms with van der Waals surface area (Å²) in [6.45, 7) is 7.99. The molecule has 1 saturated heterocycles. The first-order valence-electron chi connectivity index (χ1n) is 5.27. The predicted molar refractivity (Wildman–Crippen MR) is 55.3 cm³/mol. The Morgan fingerprint density at radius 3 is 2.93 bits per heavy atom. The molecule has 82 valence electrons. The van der Waals surface area contributed by atoms with Crippen molar-refractivity contribution in [2.45, 2.75) is 26.3 Å². The van der Waals surface area contributed by atoms with Gasteiger partial charge in [0, 0.05) is 32.2 Å². The van der Waals surface area contributed by atoms with Crippen LogP contribution in [0.4, 0.5) is 0 Å². The third-order valence-corrected chi connectivity index (χ3v) is 2.74. The molecule has 1 heterocycles. The Bertz CT molecular complexity index is 195. The van der Waals surface area contributed by atoms with Crippen molar-refractivity contribution >= 4 is 5.97 Å². The highest BCUT2D eigenvalue weighted by Crippen LogP contribution is 2.08. The molecule has 0 aromatic carbocycles. The van der Waals surface area contributed by atoms with Crippen LogP contribution >= 0.6 is 0 Å². The van der Waals surface area contributed by atoms with E-state index in [0.717, 1.165) is 19.6 Å². The number of nitrogens with zero attached hydrogens (tertiary/aromatic N) is 1. The third-order valence-electron chi connectivity index (χ3n) is 2.74. The van der Waals surface area contributed by atoms with Gasteiger partial charge < -0.3 is 10.4 Å². The quantitative estimate of drug-likeness (QED) is 0.689. The lowest BCUT2D eigenvalue weighted by Gasteiger charge is -2.35. The van der Waals surface area contributed by atoms with E-state index in [2.05, 4.69) is 24.1 Å². The first-order valence-corrected chi connectivity index (χ1v) is 5.27. The van der Waals surface area contributed by atoms with Crippen molar-refractivity contribution in [3.63, 3.8) is 0 Å². The van der Waals surface area contributed by atoms with Crippen LogP contribution in [0, 0.1) is 5.92 Å². The largest absolute Gasteiger partial charge is 0.481 e. The second kappa shape index (κ2) is 5.32. The summed E-state index contributed by atoms with van der Waals surface area (Å²) >= 11 is 0. The van der Waals surface area contributed by atoms with Gasteiger partial charge in [0.2, 0.25) is 0 Å². The number of nitrogens with one attached hydrogen (secondary N) is 1. The van der Waals surface area contributed by atoms with Gasteiger partial charge in [0.1, 0.15) is 0 Å². The number of rotatable bonds is 4. The van der Waals surface area contributed by atoms with Crippen molar-refractivity contribution in [2.75, 3.05) is 26.2 Å². The van der Waals surface area contributed by atoms with E-state index in [-0.39, 0.29) is 6.42 Å². The molecule has 0 unspecified atom stereocenters. The van der Waals surface area contributed by atoms with E-state index in [9.17, 15) is 4.79 Å². The zero-order chi connectivity index (χ0) is 10.6. The van der Waals surface area contributed by atoms with Gasteiger partial charge in [0.15, 0.2) is 0 Å². The molecule has 2 N–H and O–H groups in total. The minimum absolute atomic E-state index is 0.255. The van der Waals surface area contributed by atoms with Gasteiger partial charge in [-0.25, -0.2) is 0 Å². The predicted octanol–water partition coefficient (Wildman–Crippen LogP) is 0.391. The summed E-state index contributed by atoms with van der Waals surface area (Å²) in [5.74, 6) is -0.0905. The highest BCUT2D eigenvalue weighted by molar-refractivity contribution is 5.66. The van der Waals surface area contributed by atoms with Gasteiger partial charge in [0.25, 0.3) is 0 Å². The standard InChI is InChI=1S/C10H20N2O2/c1-8(2)9-7-12(6-4-11-9)5-3-10(13)14/h8-9,11H,3-7H2,1-2H3,(H,13,14)/t9-/m1/s1. The van der Waals surface area contributed by atoms with Crippen LogP contribution in [0.3, 0.4) is 0 Å². The number of carbonyl (C=O) groups is 1. The zero-order valence-electron chi connectivity index (χ0n) is 8.99. The summed E-state index contributed by atoms with van der Waals surface area (Å²) in [5.41, 5.74) is 0. The number of aliphatic carboxylic acids is 1. The van der Waals surface area contributed by atoms with Crippen LogP contribution in [0.5, 0.6) is 0 Å². The lowest BCUT2D eigenvalue weighted by molar-refractivity contribution is -0.137. The molecule has 0 radical (unpaired) electrons. The van der Waals surface area contributed by atoms with E-state index < -0.39 is 5.97 Å². The fourth-order valence-electron chi connectivity index (χ4n) is 1.75. The molecule has 1 rings (SSSR count). The molecule has 1 fully saturated rings. The topological polar surface area (TPSA) is 52.6 Å². The number of piperazine rings is 1. The molecule has 4 heteroatoms. The first-order chi connectivity index (χ1) is 6.59. The Morgan fingerprint density at radius 2 is 2.36 bits per heavy atom. The summed E-state index contributed by atoms with van der Waals surface area (Å²) < 4.78 is 0. The van der Waals surface area contributed by atoms with Crippen molar-refractivity contribution in [1.82, 2.24) is 10.2 Å². The minimum Gasteiger partial charge on any atom is -0.481 e. The van der Waals surface area contributed by atoms with Crippen LogP contribution in [-0.4, -0.2) is 48.2 Å². The summed E-state index contributed by atoms with van der Waals surface area (Å²) in [6, 6.07) is 0.512. The fraction of sp³-hybridized carbons (Fsp3) is 0.900. The van der Waals surface area contributed by atoms with Gasteiger partial charge >= 0.3 is 5.97 Å². The van der Waals surface area contributed by atoms with E-state index in [1.54, 1.807) is 0 Å². The van der Waals surface area contributed by atoms with Crippen molar-refractivity contribution in [3.8, 4) is 0 Å². The number of carboxylic acid groups (broad SMARTS) is 1. The Labute approximate surface area is 85.3 Å². The minimum atomic E-state index is -0.704. The monoisotopic (exact) mass is 200 g/mol. The molecule has 0 amide bonds. The van der Waals surface area contributed by atoms with Crippen LogP contribution < -0.4 is 5.32 Å². The fourth-order valence-corrected chi connectivity index (χ4v) is 1.75.